The SMILES string of the molecule is FC(F)(F)Cc1cc2c(N3CCN(c4nnc(CCCC5CCCCC5)s4)CC3)ncnc2s1. The van der Waals surface area contributed by atoms with E-state index in [-0.39, 0.29) is 4.88 Å². The van der Waals surface area contributed by atoms with Gasteiger partial charge < -0.3 is 9.80 Å². The second kappa shape index (κ2) is 10.3. The molecule has 0 N–H and O–H groups in total. The van der Waals surface area contributed by atoms with Crippen LogP contribution in [0.15, 0.2) is 12.4 Å². The summed E-state index contributed by atoms with van der Waals surface area (Å²) in [6.45, 7) is 3.02. The molecular formula is C23H29F3N6S2. The first-order valence-electron chi connectivity index (χ1n) is 12.1. The lowest BCUT2D eigenvalue weighted by Crippen LogP contribution is -2.46. The molecule has 1 aliphatic heterocycles. The highest BCUT2D eigenvalue weighted by Crippen LogP contribution is 2.34. The predicted octanol–water partition coefficient (Wildman–Crippen LogP) is 5.88. The second-order valence-electron chi connectivity index (χ2n) is 9.27. The lowest BCUT2D eigenvalue weighted by molar-refractivity contribution is -0.126. The van der Waals surface area contributed by atoms with Crippen molar-refractivity contribution in [1.82, 2.24) is 20.2 Å². The first-order chi connectivity index (χ1) is 16.4. The Morgan fingerprint density at radius 1 is 0.941 bits per heavy atom. The molecule has 4 heterocycles. The minimum absolute atomic E-state index is 0.271. The summed E-state index contributed by atoms with van der Waals surface area (Å²) in [6.07, 6.45) is 6.74. The van der Waals surface area contributed by atoms with E-state index >= 15 is 0 Å². The van der Waals surface area contributed by atoms with Crippen molar-refractivity contribution < 1.29 is 13.2 Å². The summed E-state index contributed by atoms with van der Waals surface area (Å²) in [4.78, 5) is 13.9. The van der Waals surface area contributed by atoms with E-state index in [2.05, 4.69) is 30.0 Å². The van der Waals surface area contributed by atoms with Crippen LogP contribution in [0.5, 0.6) is 0 Å². The number of rotatable bonds is 7. The normalized spacial score (nSPS) is 18.2. The van der Waals surface area contributed by atoms with Crippen LogP contribution in [0.25, 0.3) is 10.2 Å². The van der Waals surface area contributed by atoms with E-state index in [0.717, 1.165) is 65.8 Å². The number of aromatic nitrogens is 4. The van der Waals surface area contributed by atoms with Gasteiger partial charge in [0.2, 0.25) is 5.13 Å². The Morgan fingerprint density at radius 2 is 1.71 bits per heavy atom. The van der Waals surface area contributed by atoms with Crippen LogP contribution in [-0.2, 0) is 12.8 Å². The maximum Gasteiger partial charge on any atom is 0.393 e. The maximum absolute atomic E-state index is 12.8. The molecule has 0 aromatic carbocycles. The van der Waals surface area contributed by atoms with Crippen molar-refractivity contribution in [3.8, 4) is 0 Å². The van der Waals surface area contributed by atoms with Crippen molar-refractivity contribution in [1.29, 1.82) is 0 Å². The highest BCUT2D eigenvalue weighted by atomic mass is 32.1. The first kappa shape index (κ1) is 23.7. The number of nitrogens with zero attached hydrogens (tertiary/aromatic N) is 6. The number of piperazine rings is 1. The molecule has 1 aliphatic carbocycles. The van der Waals surface area contributed by atoms with E-state index in [1.165, 1.54) is 51.3 Å². The summed E-state index contributed by atoms with van der Waals surface area (Å²) < 4.78 is 38.5. The van der Waals surface area contributed by atoms with Crippen LogP contribution < -0.4 is 9.80 Å². The summed E-state index contributed by atoms with van der Waals surface area (Å²) in [7, 11) is 0. The average molecular weight is 511 g/mol. The molecule has 1 saturated heterocycles. The van der Waals surface area contributed by atoms with E-state index < -0.39 is 12.6 Å². The molecule has 0 spiro atoms. The van der Waals surface area contributed by atoms with E-state index in [1.54, 1.807) is 17.4 Å². The number of halogens is 3. The number of hydrogen-bond acceptors (Lipinski definition) is 8. The van der Waals surface area contributed by atoms with Gasteiger partial charge >= 0.3 is 6.18 Å². The van der Waals surface area contributed by atoms with Crippen LogP contribution in [0.4, 0.5) is 24.1 Å². The lowest BCUT2D eigenvalue weighted by Gasteiger charge is -2.35. The molecule has 0 radical (unpaired) electrons. The largest absolute Gasteiger partial charge is 0.393 e. The zero-order chi connectivity index (χ0) is 23.5. The van der Waals surface area contributed by atoms with Gasteiger partial charge in [0.25, 0.3) is 0 Å². The highest BCUT2D eigenvalue weighted by molar-refractivity contribution is 7.18. The van der Waals surface area contributed by atoms with Gasteiger partial charge in [-0.2, -0.15) is 13.2 Å². The molecule has 3 aromatic rings. The van der Waals surface area contributed by atoms with E-state index in [9.17, 15) is 13.2 Å². The summed E-state index contributed by atoms with van der Waals surface area (Å²) >= 11 is 2.78. The number of fused-ring (bicyclic) bond motifs is 1. The van der Waals surface area contributed by atoms with Gasteiger partial charge in [-0.15, -0.1) is 21.5 Å². The predicted molar refractivity (Wildman–Crippen MR) is 131 cm³/mol. The summed E-state index contributed by atoms with van der Waals surface area (Å²) in [5, 5.41) is 11.6. The van der Waals surface area contributed by atoms with Crippen molar-refractivity contribution in [3.63, 3.8) is 0 Å². The van der Waals surface area contributed by atoms with Crippen LogP contribution >= 0.6 is 22.7 Å². The molecule has 1 saturated carbocycles. The number of thiophene rings is 1. The quantitative estimate of drug-likeness (QED) is 0.396. The third-order valence-electron chi connectivity index (χ3n) is 6.77. The van der Waals surface area contributed by atoms with Gasteiger partial charge in [0.15, 0.2) is 0 Å². The van der Waals surface area contributed by atoms with Crippen LogP contribution in [0.3, 0.4) is 0 Å². The zero-order valence-electron chi connectivity index (χ0n) is 19.1. The van der Waals surface area contributed by atoms with Crippen LogP contribution in [0.2, 0.25) is 0 Å². The highest BCUT2D eigenvalue weighted by Gasteiger charge is 2.30. The number of aryl methyl sites for hydroxylation is 1. The lowest BCUT2D eigenvalue weighted by atomic mass is 9.86. The number of hydrogen-bond donors (Lipinski definition) is 0. The fraction of sp³-hybridized carbons (Fsp3) is 0.652. The topological polar surface area (TPSA) is 58.0 Å². The molecular weight excluding hydrogens is 481 g/mol. The molecule has 11 heteroatoms. The molecule has 34 heavy (non-hydrogen) atoms. The fourth-order valence-corrected chi connectivity index (χ4v) is 6.98. The standard InChI is InChI=1S/C23H29F3N6S2/c24-23(25,26)14-17-13-18-20(27-15-28-21(18)33-17)31-9-11-32(12-10-31)22-30-29-19(34-22)8-4-7-16-5-2-1-3-6-16/h13,15-16H,1-12,14H2. The van der Waals surface area contributed by atoms with E-state index in [1.807, 2.05) is 0 Å². The molecule has 0 atom stereocenters. The van der Waals surface area contributed by atoms with Gasteiger partial charge in [-0.25, -0.2) is 9.97 Å². The van der Waals surface area contributed by atoms with Crippen molar-refractivity contribution in [2.45, 2.75) is 64.0 Å². The van der Waals surface area contributed by atoms with E-state index in [4.69, 9.17) is 0 Å². The van der Waals surface area contributed by atoms with Gasteiger partial charge in [-0.1, -0.05) is 49.9 Å². The molecule has 0 bridgehead atoms. The number of alkyl halides is 3. The summed E-state index contributed by atoms with van der Waals surface area (Å²) in [5.74, 6) is 1.62. The third-order valence-corrected chi connectivity index (χ3v) is 8.85. The molecule has 3 aromatic heterocycles. The van der Waals surface area contributed by atoms with Gasteiger partial charge in [0.1, 0.15) is 22.0 Å². The van der Waals surface area contributed by atoms with Crippen LogP contribution in [0.1, 0.15) is 54.8 Å². The summed E-state index contributed by atoms with van der Waals surface area (Å²) in [5.41, 5.74) is 0. The monoisotopic (exact) mass is 510 g/mol. The van der Waals surface area contributed by atoms with Crippen molar-refractivity contribution in [2.75, 3.05) is 36.0 Å². The van der Waals surface area contributed by atoms with Crippen molar-refractivity contribution >= 4 is 43.8 Å². The molecule has 0 amide bonds. The maximum atomic E-state index is 12.8. The Labute approximate surface area is 205 Å². The minimum Gasteiger partial charge on any atom is -0.352 e. The smallest absolute Gasteiger partial charge is 0.352 e. The Kier molecular flexibility index (Phi) is 7.19. The Balaban J connectivity index is 1.16. The molecule has 184 valence electrons. The van der Waals surface area contributed by atoms with Gasteiger partial charge in [0.05, 0.1) is 11.8 Å². The van der Waals surface area contributed by atoms with Crippen LogP contribution in [-0.4, -0.2) is 52.5 Å². The zero-order valence-corrected chi connectivity index (χ0v) is 20.7. The summed E-state index contributed by atoms with van der Waals surface area (Å²) in [6, 6.07) is 1.60. The Bertz CT molecular complexity index is 1080. The number of anilines is 2. The van der Waals surface area contributed by atoms with Gasteiger partial charge in [-0.05, 0) is 18.4 Å². The Morgan fingerprint density at radius 3 is 2.47 bits per heavy atom. The minimum atomic E-state index is -4.23. The molecule has 5 rings (SSSR count). The first-order valence-corrected chi connectivity index (χ1v) is 13.7. The van der Waals surface area contributed by atoms with Crippen molar-refractivity contribution in [2.24, 2.45) is 5.92 Å². The second-order valence-corrected chi connectivity index (χ2v) is 11.4. The molecule has 0 unspecified atom stereocenters. The van der Waals surface area contributed by atoms with Crippen molar-refractivity contribution in [3.05, 3.63) is 22.3 Å². The Hall–Kier alpha value is -2.01. The van der Waals surface area contributed by atoms with E-state index in [0.29, 0.717) is 10.2 Å². The average Bonchev–Trinajstić information content (AvgIpc) is 3.45. The fourth-order valence-electron chi connectivity index (χ4n) is 5.03. The molecule has 6 nitrogen and oxygen atoms in total. The molecule has 2 fully saturated rings. The third kappa shape index (κ3) is 5.79. The molecule has 2 aliphatic rings. The van der Waals surface area contributed by atoms with Gasteiger partial charge in [0, 0.05) is 37.5 Å². The van der Waals surface area contributed by atoms with Crippen LogP contribution in [0, 0.1) is 5.92 Å². The van der Waals surface area contributed by atoms with Gasteiger partial charge in [-0.3, -0.25) is 0 Å².